The largest absolute Gasteiger partial charge is 0.299 e. The van der Waals surface area contributed by atoms with E-state index in [1.165, 1.54) is 51.4 Å². The van der Waals surface area contributed by atoms with Gasteiger partial charge in [0.2, 0.25) is 0 Å². The smallest absolute Gasteiger partial charge is 0.138 e. The van der Waals surface area contributed by atoms with Gasteiger partial charge in [0.15, 0.2) is 0 Å². The van der Waals surface area contributed by atoms with Crippen molar-refractivity contribution >= 4 is 5.78 Å². The summed E-state index contributed by atoms with van der Waals surface area (Å²) in [5.41, 5.74) is 1.12. The Hall–Kier alpha value is -0.670. The van der Waals surface area contributed by atoms with Crippen molar-refractivity contribution in [3.05, 3.63) is 12.2 Å². The number of allylic oxidation sites excluding steroid dienone is 1. The fraction of sp³-hybridized carbons (Fsp3) is 0.900. The van der Waals surface area contributed by atoms with Gasteiger partial charge < -0.3 is 0 Å². The van der Waals surface area contributed by atoms with E-state index >= 15 is 0 Å². The molecule has 0 aromatic heterocycles. The molecule has 1 N–H and O–H groups in total. The Balaban J connectivity index is 1.38. The second-order valence-corrected chi connectivity index (χ2v) is 14.6. The molecule has 5 rings (SSSR count). The van der Waals surface area contributed by atoms with Crippen LogP contribution in [-0.4, -0.2) is 16.6 Å². The zero-order valence-electron chi connectivity index (χ0n) is 22.3. The van der Waals surface area contributed by atoms with E-state index in [0.717, 1.165) is 24.7 Å². The molecule has 3 nitrogen and oxygen atoms in total. The van der Waals surface area contributed by atoms with Crippen molar-refractivity contribution in [1.82, 2.24) is 0 Å². The predicted octanol–water partition coefficient (Wildman–Crippen LogP) is 7.85. The van der Waals surface area contributed by atoms with E-state index in [1.54, 1.807) is 0 Å². The number of hydrogen-bond acceptors (Lipinski definition) is 3. The van der Waals surface area contributed by atoms with E-state index in [-0.39, 0.29) is 5.41 Å². The Bertz CT molecular complexity index is 857. The van der Waals surface area contributed by atoms with Crippen LogP contribution in [0.15, 0.2) is 12.2 Å². The first-order chi connectivity index (χ1) is 15.3. The monoisotopic (exact) mass is 456 g/mol. The highest BCUT2D eigenvalue weighted by molar-refractivity contribution is 5.86. The number of fused-ring (bicyclic) bond motifs is 2. The van der Waals surface area contributed by atoms with Gasteiger partial charge in [-0.3, -0.25) is 10.1 Å². The van der Waals surface area contributed by atoms with Crippen molar-refractivity contribution in [2.24, 2.45) is 50.7 Å². The molecule has 3 heteroatoms. The molecule has 5 aliphatic carbocycles. The molecule has 0 aromatic carbocycles. The lowest BCUT2D eigenvalue weighted by atomic mass is 9.42. The Morgan fingerprint density at radius 3 is 2.36 bits per heavy atom. The van der Waals surface area contributed by atoms with Gasteiger partial charge in [0.25, 0.3) is 0 Å². The summed E-state index contributed by atoms with van der Waals surface area (Å²) in [5, 5.41) is 9.10. The van der Waals surface area contributed by atoms with Gasteiger partial charge in [-0.2, -0.15) is 0 Å². The first kappa shape index (κ1) is 24.0. The summed E-state index contributed by atoms with van der Waals surface area (Å²) in [5.74, 6) is 3.40. The highest BCUT2D eigenvalue weighted by atomic mass is 17.1. The molecule has 1 unspecified atom stereocenters. The minimum atomic E-state index is -0.612. The fourth-order valence-corrected chi connectivity index (χ4v) is 10.9. The molecule has 186 valence electrons. The summed E-state index contributed by atoms with van der Waals surface area (Å²) < 4.78 is 0. The average molecular weight is 457 g/mol. The molecular weight excluding hydrogens is 408 g/mol. The van der Waals surface area contributed by atoms with Crippen molar-refractivity contribution in [3.63, 3.8) is 0 Å². The molecule has 0 heterocycles. The highest BCUT2D eigenvalue weighted by Crippen LogP contribution is 2.88. The first-order valence-corrected chi connectivity index (χ1v) is 13.8. The number of ketones is 1. The minimum Gasteiger partial charge on any atom is -0.299 e. The Morgan fingerprint density at radius 2 is 1.67 bits per heavy atom. The van der Waals surface area contributed by atoms with Gasteiger partial charge in [0.05, 0.1) is 0 Å². The third-order valence-electron chi connectivity index (χ3n) is 12.9. The van der Waals surface area contributed by atoms with Crippen LogP contribution in [0.5, 0.6) is 0 Å². The first-order valence-electron chi connectivity index (χ1n) is 13.8. The van der Waals surface area contributed by atoms with E-state index in [1.807, 2.05) is 19.9 Å². The molecule has 8 atom stereocenters. The summed E-state index contributed by atoms with van der Waals surface area (Å²) >= 11 is 0. The molecule has 0 amide bonds. The molecule has 0 radical (unpaired) electrons. The van der Waals surface area contributed by atoms with Gasteiger partial charge in [-0.15, -0.1) is 0 Å². The number of hydrogen-bond donors (Lipinski definition) is 1. The molecule has 5 fully saturated rings. The Labute approximate surface area is 202 Å². The second kappa shape index (κ2) is 7.19. The maximum absolute atomic E-state index is 12.8. The van der Waals surface area contributed by atoms with Gasteiger partial charge in [-0.25, -0.2) is 4.89 Å². The fourth-order valence-electron chi connectivity index (χ4n) is 10.9. The Morgan fingerprint density at radius 1 is 1.00 bits per heavy atom. The SMILES string of the molecule is C[C@H](C/C=C/C(C)(C)OO)[C@H]1CC[C@@]2(C)[C@@H]3CCC4C(C)(C)C(=O)CC[C@@]45C[C@@]35CC[C@]12C. The maximum Gasteiger partial charge on any atom is 0.138 e. The van der Waals surface area contributed by atoms with E-state index < -0.39 is 5.60 Å². The van der Waals surface area contributed by atoms with Crippen LogP contribution in [0.1, 0.15) is 113 Å². The topological polar surface area (TPSA) is 46.5 Å². The van der Waals surface area contributed by atoms with Gasteiger partial charge >= 0.3 is 0 Å². The molecule has 0 bridgehead atoms. The predicted molar refractivity (Wildman–Crippen MR) is 133 cm³/mol. The molecule has 5 saturated carbocycles. The molecule has 2 spiro atoms. The summed E-state index contributed by atoms with van der Waals surface area (Å²) in [6.45, 7) is 16.1. The van der Waals surface area contributed by atoms with Crippen LogP contribution in [0.2, 0.25) is 0 Å². The average Bonchev–Trinajstić information content (AvgIpc) is 3.33. The summed E-state index contributed by atoms with van der Waals surface area (Å²) in [7, 11) is 0. The van der Waals surface area contributed by atoms with Gasteiger partial charge in [0.1, 0.15) is 11.4 Å². The molecule has 33 heavy (non-hydrogen) atoms. The number of carbonyl (C=O) groups excluding carboxylic acids is 1. The van der Waals surface area contributed by atoms with Gasteiger partial charge in [-0.05, 0) is 117 Å². The van der Waals surface area contributed by atoms with Crippen molar-refractivity contribution in [2.75, 3.05) is 0 Å². The summed E-state index contributed by atoms with van der Waals surface area (Å²) in [6.07, 6.45) is 16.8. The zero-order valence-corrected chi connectivity index (χ0v) is 22.3. The quantitative estimate of drug-likeness (QED) is 0.260. The third-order valence-corrected chi connectivity index (χ3v) is 12.9. The van der Waals surface area contributed by atoms with Crippen LogP contribution >= 0.6 is 0 Å². The molecule has 0 aliphatic heterocycles. The van der Waals surface area contributed by atoms with Crippen molar-refractivity contribution in [3.8, 4) is 0 Å². The van der Waals surface area contributed by atoms with E-state index in [2.05, 4.69) is 45.6 Å². The minimum absolute atomic E-state index is 0.112. The number of Topliss-reactive ketones (excluding diaryl/α,β-unsaturated/α-hetero) is 1. The summed E-state index contributed by atoms with van der Waals surface area (Å²) in [4.78, 5) is 17.4. The van der Waals surface area contributed by atoms with Crippen molar-refractivity contribution in [2.45, 2.75) is 118 Å². The molecule has 0 saturated heterocycles. The lowest BCUT2D eigenvalue weighted by molar-refractivity contribution is -0.297. The number of carbonyl (C=O) groups is 1. The normalized spacial score (nSPS) is 49.2. The molecular formula is C30H48O3. The maximum atomic E-state index is 12.8. The highest BCUT2D eigenvalue weighted by Gasteiger charge is 2.82. The van der Waals surface area contributed by atoms with Crippen LogP contribution in [-0.2, 0) is 9.68 Å². The van der Waals surface area contributed by atoms with E-state index in [0.29, 0.717) is 39.3 Å². The molecule has 0 aromatic rings. The van der Waals surface area contributed by atoms with Crippen LogP contribution in [0, 0.1) is 50.7 Å². The van der Waals surface area contributed by atoms with Crippen molar-refractivity contribution < 1.29 is 14.9 Å². The Kier molecular flexibility index (Phi) is 5.24. The molecule has 5 aliphatic rings. The van der Waals surface area contributed by atoms with E-state index in [9.17, 15) is 4.79 Å². The summed E-state index contributed by atoms with van der Waals surface area (Å²) in [6, 6.07) is 0. The third kappa shape index (κ3) is 2.97. The zero-order chi connectivity index (χ0) is 24.1. The lowest BCUT2D eigenvalue weighted by Gasteiger charge is -2.62. The van der Waals surface area contributed by atoms with Crippen LogP contribution in [0.3, 0.4) is 0 Å². The van der Waals surface area contributed by atoms with E-state index in [4.69, 9.17) is 5.26 Å². The van der Waals surface area contributed by atoms with Gasteiger partial charge in [-0.1, -0.05) is 46.8 Å². The van der Waals surface area contributed by atoms with Gasteiger partial charge in [0, 0.05) is 11.8 Å². The lowest BCUT2D eigenvalue weighted by Crippen LogP contribution is -2.57. The standard InChI is InChI=1S/C30H48O3/c1-20(9-8-14-25(2,3)33-32)21-12-15-28(7)23-11-10-22-26(4,5)24(31)13-16-29(22)19-30(23,29)18-17-27(21,28)6/h8,14,20-23,32H,9-13,15-19H2,1-7H3/b14-8+/t20-,21-,22?,23+,27-,28+,29-,30+/m1/s1. The number of rotatable bonds is 5. The van der Waals surface area contributed by atoms with Crippen LogP contribution in [0.4, 0.5) is 0 Å². The van der Waals surface area contributed by atoms with Crippen LogP contribution in [0.25, 0.3) is 0 Å². The van der Waals surface area contributed by atoms with Crippen LogP contribution < -0.4 is 0 Å². The second-order valence-electron chi connectivity index (χ2n) is 14.6. The van der Waals surface area contributed by atoms with Crippen molar-refractivity contribution in [1.29, 1.82) is 0 Å².